The molecule has 3 aromatic heterocycles. The Morgan fingerprint density at radius 2 is 0.770 bits per heavy atom. The molecule has 1 unspecified atom stereocenters. The number of methoxy groups -OCH3 is 3. The quantitative estimate of drug-likeness (QED) is 0.00660. The van der Waals surface area contributed by atoms with Crippen molar-refractivity contribution in [3.05, 3.63) is 301 Å². The molecule has 0 fully saturated rings. The first-order valence-electron chi connectivity index (χ1n) is 44.8. The number of nitrogens with one attached hydrogen (secondary N) is 5. The maximum absolute atomic E-state index is 12.2. The van der Waals surface area contributed by atoms with Crippen LogP contribution in [-0.4, -0.2) is 285 Å². The van der Waals surface area contributed by atoms with Gasteiger partial charge in [-0.25, -0.2) is 34.1 Å². The minimum atomic E-state index is -0.966. The standard InChI is InChI=1S/C16H24N2O4.C15H21N5O2.C14H19NO4.C12H17N5O.C12H15N5O.C11H16N2O2.C10H13NO2.C9H8O3/c1-16(2,3)22-15(20)17(4)11-12-7-9-13(10-8-12)14(19)18(5)21-6;1-15(2,22-4)20-18-14(17-19-20)9-13(21)12-7-5-11(6-8-12)10-16-3;1-14(2,3)19-13(18)15(4)9-10-5-7-11(8-6-10)12(16)17;2*1-17(2)8-9-3-5-10(6-4-9)11(18)7-12-13-15-16-14-12;1-12-8-9-4-6-10(7-5-9)11(14)13(2)15-3;1-11-7-8-3-5-9(6-4-8)10(12)13-2;1-12-9(11)8-4-2-7(6-10)3-5-8/h7-10H,11H2,1-6H3;5-8,16H,9-10H2,1-4H3;5-8H,9H2,1-4H3,(H,16,17);3-6,11,18H,7-8H2,1-2H3,(H,13,14,15,16);3-6H,7-8H2,1-2H3,(H,13,14,15,16);4-7,12H,8H2,1-3H3;3-6,11H,7H2,1-2H3;2-6H,1H3/i;;;2*1D;;;. The lowest BCUT2D eigenvalue weighted by Gasteiger charge is -2.24. The number of ether oxygens (including phenoxy) is 5. The average Bonchev–Trinajstić information content (AvgIpc) is 1.69. The van der Waals surface area contributed by atoms with Gasteiger partial charge in [0.1, 0.15) is 17.5 Å². The molecule has 4 amide bonds. The Hall–Kier alpha value is -14.5. The Labute approximate surface area is 814 Å². The van der Waals surface area contributed by atoms with E-state index >= 15 is 0 Å². The van der Waals surface area contributed by atoms with Gasteiger partial charge in [0.05, 0.1) is 64.1 Å². The summed E-state index contributed by atoms with van der Waals surface area (Å²) in [5.41, 5.74) is 10.7. The predicted molar refractivity (Wildman–Crippen MR) is 520 cm³/mol. The van der Waals surface area contributed by atoms with E-state index in [4.69, 9.17) is 31.7 Å². The SMILES string of the molecule is CN(Cc1ccc(C(=O)O)cc1)C(=O)OC(C)(C)C.CNCc1ccc(C(=O)Cc2nnn(C(C)(C)OC)n2)cc1.CNCc1ccc(C(=O)N(C)OC)cc1.CNCc1ccc(C(=O)OC)cc1.COC(=O)c1ccc(C=O)cc1.CON(C)C(=O)c1ccc(CN(C)C(=O)OC(C)(C)C)cc1.[2H]CN(C)Cc1ccc(C(=O)Cc2nn[nH]n2)cc1.[2H]CN(C)Cc1ccc(C(O)Cc2nn[nH]n2)cc1. The second kappa shape index (κ2) is 60.2. The van der Waals surface area contributed by atoms with Gasteiger partial charge in [0.15, 0.2) is 34.8 Å². The first-order chi connectivity index (χ1) is 66.9. The highest BCUT2D eigenvalue weighted by Gasteiger charge is 2.26. The lowest BCUT2D eigenvalue weighted by atomic mass is 10.0. The molecule has 0 aliphatic carbocycles. The minimum Gasteiger partial charge on any atom is -0.478 e. The largest absolute Gasteiger partial charge is 0.478 e. The van der Waals surface area contributed by atoms with Crippen LogP contribution in [0.15, 0.2) is 194 Å². The number of hydrogen-bond donors (Lipinski definition) is 7. The molecule has 0 spiro atoms. The fourth-order valence-electron chi connectivity index (χ4n) is 11.5. The number of tetrazole rings is 3. The highest BCUT2D eigenvalue weighted by Crippen LogP contribution is 2.21. The van der Waals surface area contributed by atoms with E-state index in [9.17, 15) is 53.1 Å². The fourth-order valence-corrected chi connectivity index (χ4v) is 11.5. The Kier molecular flexibility index (Phi) is 49.0. The zero-order valence-electron chi connectivity index (χ0n) is 85.1. The number of rotatable bonds is 33. The number of aromatic carboxylic acids is 1. The number of aliphatic hydroxyl groups is 1. The van der Waals surface area contributed by atoms with E-state index in [0.29, 0.717) is 82.5 Å². The number of amides is 4. The van der Waals surface area contributed by atoms with Gasteiger partial charge >= 0.3 is 30.1 Å². The average molecular weight is 1920 g/mol. The second-order valence-corrected chi connectivity index (χ2v) is 33.4. The van der Waals surface area contributed by atoms with Gasteiger partial charge in [-0.2, -0.15) is 10.4 Å². The van der Waals surface area contributed by atoms with E-state index in [2.05, 4.69) is 82.1 Å². The van der Waals surface area contributed by atoms with E-state index < -0.39 is 41.1 Å². The molecular weight excluding hydrogens is 1790 g/mol. The number of ketones is 2. The van der Waals surface area contributed by atoms with E-state index in [-0.39, 0.29) is 67.9 Å². The summed E-state index contributed by atoms with van der Waals surface area (Å²) in [6.45, 7) is 19.1. The lowest BCUT2D eigenvalue weighted by molar-refractivity contribution is -0.0757. The third-order valence-electron chi connectivity index (χ3n) is 19.0. The number of hydroxylamine groups is 4. The zero-order chi connectivity index (χ0) is 105. The number of H-pyrrole nitrogens is 2. The first kappa shape index (κ1) is 113. The maximum Gasteiger partial charge on any atom is 0.410 e. The number of aldehydes is 1. The summed E-state index contributed by atoms with van der Waals surface area (Å²) >= 11 is 0. The molecule has 748 valence electrons. The molecule has 0 aliphatic rings. The summed E-state index contributed by atoms with van der Waals surface area (Å²) in [6.07, 6.45) is -0.112. The summed E-state index contributed by atoms with van der Waals surface area (Å²) in [4.78, 5) is 132. The number of carbonyl (C=O) groups excluding carboxylic acids is 9. The van der Waals surface area contributed by atoms with Crippen LogP contribution < -0.4 is 16.0 Å². The van der Waals surface area contributed by atoms with Gasteiger partial charge in [-0.3, -0.25) is 33.6 Å². The second-order valence-electron chi connectivity index (χ2n) is 33.4. The monoisotopic (exact) mass is 1920 g/mol. The normalized spacial score (nSPS) is 11.1. The van der Waals surface area contributed by atoms with Gasteiger partial charge in [0.25, 0.3) is 11.8 Å². The summed E-state index contributed by atoms with van der Waals surface area (Å²) in [5, 5.41) is 69.1. The molecule has 7 N–H and O–H groups in total. The van der Waals surface area contributed by atoms with Crippen LogP contribution in [0.1, 0.15) is 209 Å². The van der Waals surface area contributed by atoms with Gasteiger partial charge in [-0.1, -0.05) is 144 Å². The van der Waals surface area contributed by atoms with Gasteiger partial charge in [-0.05, 0) is 215 Å². The van der Waals surface area contributed by atoms with Crippen molar-refractivity contribution in [3.63, 3.8) is 0 Å². The van der Waals surface area contributed by atoms with Crippen molar-refractivity contribution >= 4 is 59.8 Å². The molecule has 139 heavy (non-hydrogen) atoms. The molecule has 0 aliphatic heterocycles. The maximum atomic E-state index is 12.2. The van der Waals surface area contributed by atoms with E-state index in [1.807, 2.05) is 165 Å². The van der Waals surface area contributed by atoms with E-state index in [0.717, 1.165) is 82.0 Å². The number of carboxylic acid groups (broad SMARTS) is 1. The van der Waals surface area contributed by atoms with E-state index in [1.165, 1.54) is 60.2 Å². The summed E-state index contributed by atoms with van der Waals surface area (Å²) in [7, 11) is 23.5. The Balaban J connectivity index is 0.000000339. The molecular formula is C99H133N21O19. The Bertz CT molecular complexity index is 5570. The van der Waals surface area contributed by atoms with E-state index in [1.54, 1.807) is 153 Å². The lowest BCUT2D eigenvalue weighted by Crippen LogP contribution is -2.33. The number of esters is 2. The highest BCUT2D eigenvalue weighted by molar-refractivity contribution is 5.98. The zero-order valence-corrected chi connectivity index (χ0v) is 83.1. The van der Waals surface area contributed by atoms with Crippen LogP contribution in [0.5, 0.6) is 0 Å². The van der Waals surface area contributed by atoms with Crippen molar-refractivity contribution in [3.8, 4) is 0 Å². The molecule has 0 radical (unpaired) electrons. The molecule has 40 nitrogen and oxygen atoms in total. The van der Waals surface area contributed by atoms with Gasteiger partial charge in [-0.15, -0.1) is 35.4 Å². The van der Waals surface area contributed by atoms with Gasteiger partial charge in [0.2, 0.25) is 0 Å². The van der Waals surface area contributed by atoms with Crippen LogP contribution in [0.25, 0.3) is 0 Å². The summed E-state index contributed by atoms with van der Waals surface area (Å²) in [5.74, 6) is -0.839. The van der Waals surface area contributed by atoms with Crippen LogP contribution in [0.3, 0.4) is 0 Å². The van der Waals surface area contributed by atoms with Crippen molar-refractivity contribution in [1.29, 1.82) is 0 Å². The smallest absolute Gasteiger partial charge is 0.410 e. The summed E-state index contributed by atoms with van der Waals surface area (Å²) < 4.78 is 39.3. The number of nitrogens with zero attached hydrogens (tertiary/aromatic N) is 16. The number of aromatic amines is 2. The molecule has 3 heterocycles. The number of aliphatic hydroxyl groups excluding tert-OH is 1. The molecule has 40 heteroatoms. The molecule has 11 aromatic rings. The molecule has 11 rings (SSSR count). The van der Waals surface area contributed by atoms with Gasteiger partial charge in [0, 0.05) is 118 Å². The fraction of sp³-hybridized carbons (Fsp3) is 0.384. The van der Waals surface area contributed by atoms with Crippen molar-refractivity contribution < 1.29 is 94.3 Å². The predicted octanol–water partition coefficient (Wildman–Crippen LogP) is 11.3. The van der Waals surface area contributed by atoms with Crippen LogP contribution in [0.4, 0.5) is 9.59 Å². The number of benzene rings is 8. The molecule has 1 atom stereocenters. The first-order valence-corrected chi connectivity index (χ1v) is 43.4. The van der Waals surface area contributed by atoms with Crippen LogP contribution in [0.2, 0.25) is 0 Å². The third-order valence-corrected chi connectivity index (χ3v) is 19.0. The topological polar surface area (TPSA) is 484 Å². The molecule has 0 saturated heterocycles. The highest BCUT2D eigenvalue weighted by atomic mass is 16.7. The molecule has 0 saturated carbocycles. The van der Waals surface area contributed by atoms with Gasteiger partial charge < -0.3 is 69.4 Å². The van der Waals surface area contributed by atoms with Crippen molar-refractivity contribution in [2.75, 3.05) is 113 Å². The van der Waals surface area contributed by atoms with Crippen LogP contribution in [0, 0.1) is 0 Å². The number of aromatic nitrogens is 12. The molecule has 0 bridgehead atoms. The van der Waals surface area contributed by atoms with Crippen molar-refractivity contribution in [2.45, 2.75) is 143 Å². The summed E-state index contributed by atoms with van der Waals surface area (Å²) in [6, 6.07) is 57.0. The number of carbonyl (C=O) groups is 10. The number of Topliss-reactive ketones (excluding diaryl/α,β-unsaturated/α-hetero) is 2. The minimum absolute atomic E-state index is 0.0363. The number of carboxylic acids is 1. The Morgan fingerprint density at radius 1 is 0.439 bits per heavy atom. The Morgan fingerprint density at radius 3 is 1.09 bits per heavy atom. The number of hydrogen-bond acceptors (Lipinski definition) is 32. The molecule has 8 aromatic carbocycles. The third kappa shape index (κ3) is 44.5. The van der Waals surface area contributed by atoms with Crippen LogP contribution in [-0.2, 0) is 104 Å². The van der Waals surface area contributed by atoms with Crippen molar-refractivity contribution in [1.82, 2.24) is 107 Å². The van der Waals surface area contributed by atoms with Crippen LogP contribution >= 0.6 is 0 Å². The van der Waals surface area contributed by atoms with Crippen molar-refractivity contribution in [2.24, 2.45) is 0 Å².